The summed E-state index contributed by atoms with van der Waals surface area (Å²) in [5, 5.41) is 15.9. The first-order valence-corrected chi connectivity index (χ1v) is 7.84. The predicted octanol–water partition coefficient (Wildman–Crippen LogP) is 2.85. The molecule has 1 heterocycles. The van der Waals surface area contributed by atoms with Crippen LogP contribution < -0.4 is 5.32 Å². The Morgan fingerprint density at radius 1 is 1.12 bits per heavy atom. The lowest BCUT2D eigenvalue weighted by Gasteiger charge is -2.05. The van der Waals surface area contributed by atoms with Gasteiger partial charge in [-0.25, -0.2) is 9.18 Å². The smallest absolute Gasteiger partial charge is 0.335 e. The molecule has 0 aliphatic carbocycles. The zero-order valence-electron chi connectivity index (χ0n) is 13.9. The number of carbonyl (C=O) groups is 2. The molecule has 0 saturated heterocycles. The standard InChI is InChI=1S/C19H16FN3O3/c1-23-17(10-16(22-23)13-6-8-15(20)9-7-13)18(24)21-11-12-2-4-14(5-3-12)19(25)26/h2-10H,11H2,1H3,(H,21,24)(H,25,26). The van der Waals surface area contributed by atoms with Gasteiger partial charge >= 0.3 is 5.97 Å². The maximum Gasteiger partial charge on any atom is 0.335 e. The number of halogens is 1. The van der Waals surface area contributed by atoms with E-state index in [1.54, 1.807) is 37.4 Å². The third-order valence-electron chi connectivity index (χ3n) is 3.91. The van der Waals surface area contributed by atoms with Gasteiger partial charge in [0.05, 0.1) is 11.3 Å². The Kier molecular flexibility index (Phi) is 4.79. The van der Waals surface area contributed by atoms with Gasteiger partial charge < -0.3 is 10.4 Å². The van der Waals surface area contributed by atoms with Crippen molar-refractivity contribution in [3.63, 3.8) is 0 Å². The van der Waals surface area contributed by atoms with E-state index in [0.29, 0.717) is 17.0 Å². The number of carboxylic acid groups (broad SMARTS) is 1. The van der Waals surface area contributed by atoms with Crippen LogP contribution in [0.3, 0.4) is 0 Å². The zero-order chi connectivity index (χ0) is 18.7. The molecule has 0 unspecified atom stereocenters. The average molecular weight is 353 g/mol. The van der Waals surface area contributed by atoms with Gasteiger partial charge in [0.1, 0.15) is 11.5 Å². The van der Waals surface area contributed by atoms with Crippen molar-refractivity contribution < 1.29 is 19.1 Å². The van der Waals surface area contributed by atoms with Gasteiger partial charge in [0, 0.05) is 19.2 Å². The normalized spacial score (nSPS) is 10.5. The minimum Gasteiger partial charge on any atom is -0.478 e. The summed E-state index contributed by atoms with van der Waals surface area (Å²) < 4.78 is 14.5. The summed E-state index contributed by atoms with van der Waals surface area (Å²) in [5.41, 5.74) is 2.63. The molecule has 0 spiro atoms. The van der Waals surface area contributed by atoms with Gasteiger partial charge in [-0.1, -0.05) is 12.1 Å². The molecule has 26 heavy (non-hydrogen) atoms. The number of aromatic carboxylic acids is 1. The van der Waals surface area contributed by atoms with Crippen molar-refractivity contribution in [2.24, 2.45) is 7.05 Å². The van der Waals surface area contributed by atoms with Crippen LogP contribution in [0.2, 0.25) is 0 Å². The number of aromatic nitrogens is 2. The third-order valence-corrected chi connectivity index (χ3v) is 3.91. The minimum atomic E-state index is -0.996. The molecule has 3 aromatic rings. The summed E-state index contributed by atoms with van der Waals surface area (Å²) in [6, 6.07) is 13.8. The lowest BCUT2D eigenvalue weighted by atomic mass is 10.1. The Bertz CT molecular complexity index is 947. The van der Waals surface area contributed by atoms with Crippen LogP contribution in [-0.4, -0.2) is 26.8 Å². The summed E-state index contributed by atoms with van der Waals surface area (Å²) in [5.74, 6) is -1.64. The first-order chi connectivity index (χ1) is 12.4. The van der Waals surface area contributed by atoms with E-state index in [2.05, 4.69) is 10.4 Å². The van der Waals surface area contributed by atoms with Crippen LogP contribution in [0.1, 0.15) is 26.4 Å². The van der Waals surface area contributed by atoms with E-state index in [0.717, 1.165) is 5.56 Å². The van der Waals surface area contributed by atoms with E-state index in [4.69, 9.17) is 5.11 Å². The van der Waals surface area contributed by atoms with Crippen LogP contribution in [0, 0.1) is 5.82 Å². The maximum absolute atomic E-state index is 13.0. The van der Waals surface area contributed by atoms with E-state index in [9.17, 15) is 14.0 Å². The van der Waals surface area contributed by atoms with E-state index in [1.165, 1.54) is 28.9 Å². The van der Waals surface area contributed by atoms with Gasteiger partial charge in [-0.2, -0.15) is 5.10 Å². The number of amides is 1. The molecule has 0 aliphatic heterocycles. The highest BCUT2D eigenvalue weighted by molar-refractivity contribution is 5.93. The van der Waals surface area contributed by atoms with Gasteiger partial charge in [-0.05, 0) is 48.0 Å². The second-order valence-electron chi connectivity index (χ2n) is 5.73. The Morgan fingerprint density at radius 3 is 2.38 bits per heavy atom. The molecular formula is C19H16FN3O3. The number of nitrogens with zero attached hydrogens (tertiary/aromatic N) is 2. The fraction of sp³-hybridized carbons (Fsp3) is 0.105. The lowest BCUT2D eigenvalue weighted by molar-refractivity contribution is 0.0696. The summed E-state index contributed by atoms with van der Waals surface area (Å²) in [4.78, 5) is 23.2. The van der Waals surface area contributed by atoms with Crippen LogP contribution in [-0.2, 0) is 13.6 Å². The van der Waals surface area contributed by atoms with E-state index in [-0.39, 0.29) is 23.8 Å². The first kappa shape index (κ1) is 17.3. The third kappa shape index (κ3) is 3.77. The SMILES string of the molecule is Cn1nc(-c2ccc(F)cc2)cc1C(=O)NCc1ccc(C(=O)O)cc1. The van der Waals surface area contributed by atoms with Crippen molar-refractivity contribution in [1.82, 2.24) is 15.1 Å². The Labute approximate surface area is 148 Å². The topological polar surface area (TPSA) is 84.2 Å². The number of aryl methyl sites for hydroxylation is 1. The molecule has 6 nitrogen and oxygen atoms in total. The minimum absolute atomic E-state index is 0.190. The highest BCUT2D eigenvalue weighted by Gasteiger charge is 2.14. The highest BCUT2D eigenvalue weighted by atomic mass is 19.1. The summed E-state index contributed by atoms with van der Waals surface area (Å²) >= 11 is 0. The van der Waals surface area contributed by atoms with Crippen LogP contribution in [0.5, 0.6) is 0 Å². The molecule has 0 aliphatic rings. The highest BCUT2D eigenvalue weighted by Crippen LogP contribution is 2.19. The maximum atomic E-state index is 13.0. The van der Waals surface area contributed by atoms with Gasteiger partial charge in [0.2, 0.25) is 0 Å². The fourth-order valence-corrected chi connectivity index (χ4v) is 2.48. The Morgan fingerprint density at radius 2 is 1.77 bits per heavy atom. The van der Waals surface area contributed by atoms with Gasteiger partial charge in [0.15, 0.2) is 0 Å². The lowest BCUT2D eigenvalue weighted by Crippen LogP contribution is -2.25. The molecule has 2 N–H and O–H groups in total. The molecule has 1 amide bonds. The van der Waals surface area contributed by atoms with Crippen LogP contribution >= 0.6 is 0 Å². The summed E-state index contributed by atoms with van der Waals surface area (Å²) in [7, 11) is 1.66. The number of nitrogens with one attached hydrogen (secondary N) is 1. The number of hydrogen-bond acceptors (Lipinski definition) is 3. The molecule has 7 heteroatoms. The van der Waals surface area contributed by atoms with E-state index >= 15 is 0 Å². The van der Waals surface area contributed by atoms with Crippen molar-refractivity contribution >= 4 is 11.9 Å². The van der Waals surface area contributed by atoms with Crippen molar-refractivity contribution in [3.05, 3.63) is 77.2 Å². The largest absolute Gasteiger partial charge is 0.478 e. The van der Waals surface area contributed by atoms with Crippen molar-refractivity contribution in [2.75, 3.05) is 0 Å². The van der Waals surface area contributed by atoms with Crippen LogP contribution in [0.4, 0.5) is 4.39 Å². The Balaban J connectivity index is 1.70. The molecular weight excluding hydrogens is 337 g/mol. The molecule has 0 atom stereocenters. The first-order valence-electron chi connectivity index (χ1n) is 7.84. The van der Waals surface area contributed by atoms with Crippen molar-refractivity contribution in [2.45, 2.75) is 6.54 Å². The second-order valence-corrected chi connectivity index (χ2v) is 5.73. The predicted molar refractivity (Wildman–Crippen MR) is 93.2 cm³/mol. The molecule has 132 valence electrons. The molecule has 3 rings (SSSR count). The summed E-state index contributed by atoms with van der Waals surface area (Å²) in [6.07, 6.45) is 0. The van der Waals surface area contributed by atoms with Crippen LogP contribution in [0.25, 0.3) is 11.3 Å². The fourth-order valence-electron chi connectivity index (χ4n) is 2.48. The van der Waals surface area contributed by atoms with Crippen molar-refractivity contribution in [1.29, 1.82) is 0 Å². The number of hydrogen-bond donors (Lipinski definition) is 2. The van der Waals surface area contributed by atoms with E-state index < -0.39 is 5.97 Å². The molecule has 0 saturated carbocycles. The number of carbonyl (C=O) groups excluding carboxylic acids is 1. The Hall–Kier alpha value is -3.48. The molecule has 1 aromatic heterocycles. The number of benzene rings is 2. The second kappa shape index (κ2) is 7.18. The molecule has 0 bridgehead atoms. The number of carboxylic acids is 1. The summed E-state index contributed by atoms with van der Waals surface area (Å²) in [6.45, 7) is 0.260. The van der Waals surface area contributed by atoms with Gasteiger partial charge in [-0.15, -0.1) is 0 Å². The molecule has 2 aromatic carbocycles. The molecule has 0 radical (unpaired) electrons. The van der Waals surface area contributed by atoms with E-state index in [1.807, 2.05) is 0 Å². The van der Waals surface area contributed by atoms with Crippen LogP contribution in [0.15, 0.2) is 54.6 Å². The number of rotatable bonds is 5. The monoisotopic (exact) mass is 353 g/mol. The zero-order valence-corrected chi connectivity index (χ0v) is 13.9. The van der Waals surface area contributed by atoms with Gasteiger partial charge in [-0.3, -0.25) is 9.48 Å². The average Bonchev–Trinajstić information content (AvgIpc) is 3.02. The molecule has 0 fully saturated rings. The quantitative estimate of drug-likeness (QED) is 0.739. The van der Waals surface area contributed by atoms with Gasteiger partial charge in [0.25, 0.3) is 5.91 Å². The van der Waals surface area contributed by atoms with Crippen molar-refractivity contribution in [3.8, 4) is 11.3 Å².